The number of allylic oxidation sites excluding steroid dienone is 1. The van der Waals surface area contributed by atoms with E-state index in [2.05, 4.69) is 18.5 Å². The van der Waals surface area contributed by atoms with Gasteiger partial charge in [-0.2, -0.15) is 0 Å². The van der Waals surface area contributed by atoms with Crippen LogP contribution in [0.4, 0.5) is 0 Å². The van der Waals surface area contributed by atoms with Crippen LogP contribution in [0.3, 0.4) is 0 Å². The van der Waals surface area contributed by atoms with Crippen molar-refractivity contribution in [1.82, 2.24) is 4.90 Å². The number of carbonyl (C=O) groups is 1. The number of Topliss-reactive ketones (excluding diaryl/α,β-unsaturated/α-hetero) is 1. The van der Waals surface area contributed by atoms with Gasteiger partial charge in [0, 0.05) is 24.4 Å². The van der Waals surface area contributed by atoms with Gasteiger partial charge in [0.25, 0.3) is 0 Å². The predicted molar refractivity (Wildman–Crippen MR) is 57.1 cm³/mol. The summed E-state index contributed by atoms with van der Waals surface area (Å²) < 4.78 is 0. The van der Waals surface area contributed by atoms with Crippen molar-refractivity contribution in [2.75, 3.05) is 7.05 Å². The van der Waals surface area contributed by atoms with Gasteiger partial charge in [0.15, 0.2) is 0 Å². The molecule has 2 heteroatoms. The first-order chi connectivity index (χ1) is 6.74. The first kappa shape index (κ1) is 9.91. The summed E-state index contributed by atoms with van der Waals surface area (Å²) >= 11 is 0. The fourth-order valence-corrected chi connectivity index (χ4v) is 3.04. The van der Waals surface area contributed by atoms with Crippen LogP contribution in [0, 0.1) is 5.92 Å². The summed E-state index contributed by atoms with van der Waals surface area (Å²) in [4.78, 5) is 14.3. The van der Waals surface area contributed by atoms with E-state index < -0.39 is 0 Å². The highest BCUT2D eigenvalue weighted by atomic mass is 16.1. The van der Waals surface area contributed by atoms with Crippen molar-refractivity contribution in [2.45, 2.75) is 44.2 Å². The van der Waals surface area contributed by atoms with E-state index in [1.165, 1.54) is 19.3 Å². The minimum atomic E-state index is 0.231. The quantitative estimate of drug-likeness (QED) is 0.625. The second-order valence-electron chi connectivity index (χ2n) is 4.62. The standard InChI is InChI=1S/C12H19NO/c1-3-5-10-11-7-4-6-9(13(11)2)8-12(10)14/h3,9-11H,1,4-8H2,2H3/t9?,10-,11-/m0/s1. The van der Waals surface area contributed by atoms with Crippen molar-refractivity contribution < 1.29 is 4.79 Å². The van der Waals surface area contributed by atoms with Gasteiger partial charge in [0.1, 0.15) is 5.78 Å². The number of fused-ring (bicyclic) bond motifs is 2. The molecular weight excluding hydrogens is 174 g/mol. The van der Waals surface area contributed by atoms with E-state index in [-0.39, 0.29) is 5.92 Å². The zero-order valence-electron chi connectivity index (χ0n) is 8.91. The molecule has 2 rings (SSSR count). The largest absolute Gasteiger partial charge is 0.299 e. The number of piperidine rings is 2. The average Bonchev–Trinajstić information content (AvgIpc) is 2.15. The van der Waals surface area contributed by atoms with Crippen molar-refractivity contribution in [3.05, 3.63) is 12.7 Å². The molecule has 0 aromatic carbocycles. The fourth-order valence-electron chi connectivity index (χ4n) is 3.04. The Balaban J connectivity index is 2.16. The Morgan fingerprint density at radius 1 is 1.57 bits per heavy atom. The number of rotatable bonds is 2. The maximum absolute atomic E-state index is 11.9. The zero-order valence-corrected chi connectivity index (χ0v) is 8.91. The summed E-state index contributed by atoms with van der Waals surface area (Å²) in [5, 5.41) is 0. The third kappa shape index (κ3) is 1.52. The van der Waals surface area contributed by atoms with Gasteiger partial charge in [-0.25, -0.2) is 0 Å². The molecule has 0 aliphatic carbocycles. The van der Waals surface area contributed by atoms with Gasteiger partial charge in [-0.05, 0) is 26.3 Å². The smallest absolute Gasteiger partial charge is 0.139 e. The molecule has 0 aromatic rings. The maximum Gasteiger partial charge on any atom is 0.139 e. The zero-order chi connectivity index (χ0) is 10.1. The van der Waals surface area contributed by atoms with Crippen LogP contribution in [-0.2, 0) is 4.79 Å². The Morgan fingerprint density at radius 2 is 2.36 bits per heavy atom. The topological polar surface area (TPSA) is 20.3 Å². The average molecular weight is 193 g/mol. The maximum atomic E-state index is 11.9. The molecule has 0 saturated carbocycles. The third-order valence-electron chi connectivity index (χ3n) is 3.87. The van der Waals surface area contributed by atoms with Crippen LogP contribution in [0.25, 0.3) is 0 Å². The lowest BCUT2D eigenvalue weighted by molar-refractivity contribution is -0.133. The number of nitrogens with zero attached hydrogens (tertiary/aromatic N) is 1. The monoisotopic (exact) mass is 193 g/mol. The van der Waals surface area contributed by atoms with Crippen LogP contribution < -0.4 is 0 Å². The summed E-state index contributed by atoms with van der Waals surface area (Å²) in [6.07, 6.45) is 7.22. The Kier molecular flexibility index (Phi) is 2.73. The minimum absolute atomic E-state index is 0.231. The lowest BCUT2D eigenvalue weighted by atomic mass is 9.76. The van der Waals surface area contributed by atoms with Crippen molar-refractivity contribution in [3.8, 4) is 0 Å². The molecule has 0 amide bonds. The van der Waals surface area contributed by atoms with Gasteiger partial charge in [0.05, 0.1) is 0 Å². The number of hydrogen-bond donors (Lipinski definition) is 0. The fraction of sp³-hybridized carbons (Fsp3) is 0.750. The lowest BCUT2D eigenvalue weighted by Gasteiger charge is -2.47. The van der Waals surface area contributed by atoms with E-state index in [9.17, 15) is 4.79 Å². The molecule has 0 spiro atoms. The van der Waals surface area contributed by atoms with Crippen molar-refractivity contribution in [2.24, 2.45) is 5.92 Å². The molecule has 3 atom stereocenters. The molecule has 2 heterocycles. The Morgan fingerprint density at radius 3 is 3.07 bits per heavy atom. The van der Waals surface area contributed by atoms with Crippen LogP contribution in [0.15, 0.2) is 12.7 Å². The predicted octanol–water partition coefficient (Wildman–Crippen LogP) is 2.00. The lowest BCUT2D eigenvalue weighted by Crippen LogP contribution is -2.55. The molecule has 2 aliphatic rings. The van der Waals surface area contributed by atoms with E-state index in [1.807, 2.05) is 6.08 Å². The number of hydrogen-bond acceptors (Lipinski definition) is 2. The molecule has 2 saturated heterocycles. The number of ketones is 1. The van der Waals surface area contributed by atoms with E-state index in [0.29, 0.717) is 17.9 Å². The first-order valence-corrected chi connectivity index (χ1v) is 5.59. The van der Waals surface area contributed by atoms with Crippen LogP contribution >= 0.6 is 0 Å². The normalized spacial score (nSPS) is 38.4. The second kappa shape index (κ2) is 3.85. The van der Waals surface area contributed by atoms with E-state index in [4.69, 9.17) is 0 Å². The minimum Gasteiger partial charge on any atom is -0.299 e. The molecule has 0 aromatic heterocycles. The molecule has 2 fully saturated rings. The molecule has 0 radical (unpaired) electrons. The molecule has 2 bridgehead atoms. The SMILES string of the molecule is C=CC[C@@H]1C(=O)CC2CCC[C@@H]1N2C. The van der Waals surface area contributed by atoms with Crippen LogP contribution in [0.2, 0.25) is 0 Å². The molecule has 14 heavy (non-hydrogen) atoms. The molecule has 2 nitrogen and oxygen atoms in total. The van der Waals surface area contributed by atoms with Crippen molar-refractivity contribution in [3.63, 3.8) is 0 Å². The Bertz CT molecular complexity index is 249. The van der Waals surface area contributed by atoms with E-state index >= 15 is 0 Å². The van der Waals surface area contributed by atoms with Crippen LogP contribution in [-0.4, -0.2) is 29.8 Å². The highest BCUT2D eigenvalue weighted by Crippen LogP contribution is 2.35. The highest BCUT2D eigenvalue weighted by molar-refractivity contribution is 5.83. The Hall–Kier alpha value is -0.630. The van der Waals surface area contributed by atoms with Crippen LogP contribution in [0.1, 0.15) is 32.1 Å². The van der Waals surface area contributed by atoms with Crippen molar-refractivity contribution in [1.29, 1.82) is 0 Å². The van der Waals surface area contributed by atoms with Gasteiger partial charge >= 0.3 is 0 Å². The van der Waals surface area contributed by atoms with E-state index in [0.717, 1.165) is 12.8 Å². The van der Waals surface area contributed by atoms with Crippen molar-refractivity contribution >= 4 is 5.78 Å². The van der Waals surface area contributed by atoms with E-state index in [1.54, 1.807) is 0 Å². The summed E-state index contributed by atoms with van der Waals surface area (Å²) in [5.74, 6) is 0.701. The second-order valence-corrected chi connectivity index (χ2v) is 4.62. The summed E-state index contributed by atoms with van der Waals surface area (Å²) in [7, 11) is 2.18. The van der Waals surface area contributed by atoms with Gasteiger partial charge in [0.2, 0.25) is 0 Å². The number of carbonyl (C=O) groups excluding carboxylic acids is 1. The molecule has 78 valence electrons. The Labute approximate surface area is 86.0 Å². The highest BCUT2D eigenvalue weighted by Gasteiger charge is 2.41. The summed E-state index contributed by atoms with van der Waals surface area (Å²) in [6, 6.07) is 1.02. The summed E-state index contributed by atoms with van der Waals surface area (Å²) in [5.41, 5.74) is 0. The first-order valence-electron chi connectivity index (χ1n) is 5.59. The van der Waals surface area contributed by atoms with Gasteiger partial charge in [-0.15, -0.1) is 6.58 Å². The molecule has 1 unspecified atom stereocenters. The molecular formula is C12H19NO. The molecule has 0 N–H and O–H groups in total. The third-order valence-corrected chi connectivity index (χ3v) is 3.87. The van der Waals surface area contributed by atoms with Gasteiger partial charge in [-0.1, -0.05) is 12.5 Å². The summed E-state index contributed by atoms with van der Waals surface area (Å²) in [6.45, 7) is 3.75. The van der Waals surface area contributed by atoms with Gasteiger partial charge in [-0.3, -0.25) is 9.69 Å². The van der Waals surface area contributed by atoms with Gasteiger partial charge < -0.3 is 0 Å². The van der Waals surface area contributed by atoms with Crippen LogP contribution in [0.5, 0.6) is 0 Å². The molecule has 2 aliphatic heterocycles.